The Morgan fingerprint density at radius 1 is 1.00 bits per heavy atom. The second-order valence-corrected chi connectivity index (χ2v) is 5.07. The van der Waals surface area contributed by atoms with Gasteiger partial charge in [-0.2, -0.15) is 0 Å². The van der Waals surface area contributed by atoms with Gasteiger partial charge in [0.05, 0.1) is 7.11 Å². The number of ether oxygens (including phenoxy) is 1. The first-order valence-corrected chi connectivity index (χ1v) is 7.11. The van der Waals surface area contributed by atoms with E-state index >= 15 is 0 Å². The summed E-state index contributed by atoms with van der Waals surface area (Å²) < 4.78 is 5.40. The third kappa shape index (κ3) is 3.02. The molecule has 0 saturated heterocycles. The van der Waals surface area contributed by atoms with Crippen molar-refractivity contribution in [2.45, 2.75) is 27.3 Å². The normalized spacial score (nSPS) is 10.6. The van der Waals surface area contributed by atoms with E-state index in [1.807, 2.05) is 0 Å². The first kappa shape index (κ1) is 14.6. The van der Waals surface area contributed by atoms with Crippen LogP contribution in [0, 0.1) is 13.8 Å². The minimum Gasteiger partial charge on any atom is -0.496 e. The zero-order valence-corrected chi connectivity index (χ0v) is 12.8. The molecule has 1 N–H and O–H groups in total. The summed E-state index contributed by atoms with van der Waals surface area (Å²) in [5.74, 6) is 0.954. The zero-order valence-electron chi connectivity index (χ0n) is 12.8. The molecule has 2 aromatic carbocycles. The molecule has 2 aromatic rings. The van der Waals surface area contributed by atoms with Crippen molar-refractivity contribution in [1.82, 2.24) is 5.32 Å². The lowest BCUT2D eigenvalue weighted by molar-refractivity contribution is 0.411. The van der Waals surface area contributed by atoms with Gasteiger partial charge in [0.1, 0.15) is 5.75 Å². The van der Waals surface area contributed by atoms with Gasteiger partial charge in [0, 0.05) is 6.54 Å². The van der Waals surface area contributed by atoms with Crippen molar-refractivity contribution in [3.63, 3.8) is 0 Å². The van der Waals surface area contributed by atoms with E-state index in [9.17, 15) is 0 Å². The molecular formula is C18H23NO. The van der Waals surface area contributed by atoms with Crippen LogP contribution in [0.2, 0.25) is 0 Å². The molecular weight excluding hydrogens is 246 g/mol. The standard InChI is InChI=1S/C18H23NO/c1-5-19-12-15-8-6-7-9-16(15)17-10-14(3)18(20-4)11-13(17)2/h6-11,19H,5,12H2,1-4H3. The third-order valence-electron chi connectivity index (χ3n) is 3.61. The summed E-state index contributed by atoms with van der Waals surface area (Å²) in [6.07, 6.45) is 0. The van der Waals surface area contributed by atoms with E-state index in [0.29, 0.717) is 0 Å². The summed E-state index contributed by atoms with van der Waals surface area (Å²) in [7, 11) is 1.72. The van der Waals surface area contributed by atoms with Gasteiger partial charge in [-0.1, -0.05) is 31.2 Å². The van der Waals surface area contributed by atoms with Crippen LogP contribution in [-0.4, -0.2) is 13.7 Å². The SMILES string of the molecule is CCNCc1ccccc1-c1cc(C)c(OC)cc1C. The second-order valence-electron chi connectivity index (χ2n) is 5.07. The van der Waals surface area contributed by atoms with Crippen LogP contribution in [0.4, 0.5) is 0 Å². The van der Waals surface area contributed by atoms with Crippen molar-refractivity contribution >= 4 is 0 Å². The fourth-order valence-corrected chi connectivity index (χ4v) is 2.50. The molecule has 2 heteroatoms. The van der Waals surface area contributed by atoms with Crippen molar-refractivity contribution < 1.29 is 4.74 Å². The average Bonchev–Trinajstić information content (AvgIpc) is 2.47. The number of hydrogen-bond donors (Lipinski definition) is 1. The van der Waals surface area contributed by atoms with E-state index in [0.717, 1.165) is 18.8 Å². The monoisotopic (exact) mass is 269 g/mol. The van der Waals surface area contributed by atoms with Crippen LogP contribution in [0.5, 0.6) is 5.75 Å². The Morgan fingerprint density at radius 2 is 1.75 bits per heavy atom. The lowest BCUT2D eigenvalue weighted by atomic mass is 9.94. The first-order chi connectivity index (χ1) is 9.67. The van der Waals surface area contributed by atoms with Crippen molar-refractivity contribution in [1.29, 1.82) is 0 Å². The molecule has 106 valence electrons. The van der Waals surface area contributed by atoms with E-state index in [2.05, 4.69) is 62.5 Å². The van der Waals surface area contributed by atoms with Gasteiger partial charge in [0.2, 0.25) is 0 Å². The van der Waals surface area contributed by atoms with E-state index in [-0.39, 0.29) is 0 Å². The number of rotatable bonds is 5. The van der Waals surface area contributed by atoms with Crippen LogP contribution >= 0.6 is 0 Å². The molecule has 0 saturated carbocycles. The maximum Gasteiger partial charge on any atom is 0.122 e. The summed E-state index contributed by atoms with van der Waals surface area (Å²) >= 11 is 0. The highest BCUT2D eigenvalue weighted by Gasteiger charge is 2.10. The summed E-state index contributed by atoms with van der Waals surface area (Å²) in [6.45, 7) is 8.24. The third-order valence-corrected chi connectivity index (χ3v) is 3.61. The zero-order chi connectivity index (χ0) is 14.5. The fourth-order valence-electron chi connectivity index (χ4n) is 2.50. The summed E-state index contributed by atoms with van der Waals surface area (Å²) in [4.78, 5) is 0. The molecule has 0 heterocycles. The lowest BCUT2D eigenvalue weighted by Crippen LogP contribution is -2.12. The van der Waals surface area contributed by atoms with Crippen LogP contribution in [0.25, 0.3) is 11.1 Å². The largest absolute Gasteiger partial charge is 0.496 e. The smallest absolute Gasteiger partial charge is 0.122 e. The minimum atomic E-state index is 0.900. The van der Waals surface area contributed by atoms with E-state index in [1.54, 1.807) is 7.11 Å². The van der Waals surface area contributed by atoms with Crippen LogP contribution in [0.15, 0.2) is 36.4 Å². The molecule has 2 nitrogen and oxygen atoms in total. The molecule has 0 unspecified atom stereocenters. The van der Waals surface area contributed by atoms with Gasteiger partial charge >= 0.3 is 0 Å². The van der Waals surface area contributed by atoms with Crippen LogP contribution in [0.3, 0.4) is 0 Å². The summed E-state index contributed by atoms with van der Waals surface area (Å²) in [5, 5.41) is 3.41. The van der Waals surface area contributed by atoms with Gasteiger partial charge in [-0.25, -0.2) is 0 Å². The molecule has 0 bridgehead atoms. The fraction of sp³-hybridized carbons (Fsp3) is 0.333. The van der Waals surface area contributed by atoms with Crippen molar-refractivity contribution in [2.75, 3.05) is 13.7 Å². The molecule has 0 spiro atoms. The molecule has 0 aliphatic heterocycles. The Hall–Kier alpha value is -1.80. The highest BCUT2D eigenvalue weighted by Crippen LogP contribution is 2.32. The predicted molar refractivity (Wildman–Crippen MR) is 85.3 cm³/mol. The number of nitrogens with one attached hydrogen (secondary N) is 1. The molecule has 2 rings (SSSR count). The van der Waals surface area contributed by atoms with E-state index in [4.69, 9.17) is 4.74 Å². The van der Waals surface area contributed by atoms with Gasteiger partial charge in [0.15, 0.2) is 0 Å². The molecule has 0 aliphatic carbocycles. The number of aryl methyl sites for hydroxylation is 2. The van der Waals surface area contributed by atoms with Crippen LogP contribution in [-0.2, 0) is 6.54 Å². The molecule has 0 aromatic heterocycles. The molecule has 0 radical (unpaired) electrons. The Bertz CT molecular complexity index is 590. The maximum absolute atomic E-state index is 5.40. The summed E-state index contributed by atoms with van der Waals surface area (Å²) in [5.41, 5.74) is 6.35. The molecule has 0 aliphatic rings. The highest BCUT2D eigenvalue weighted by molar-refractivity contribution is 5.72. The van der Waals surface area contributed by atoms with Crippen molar-refractivity contribution in [3.8, 4) is 16.9 Å². The Kier molecular flexibility index (Phi) is 4.80. The van der Waals surface area contributed by atoms with Gasteiger partial charge in [0.25, 0.3) is 0 Å². The first-order valence-electron chi connectivity index (χ1n) is 7.11. The quantitative estimate of drug-likeness (QED) is 0.882. The summed E-state index contributed by atoms with van der Waals surface area (Å²) in [6, 6.07) is 12.9. The van der Waals surface area contributed by atoms with E-state index in [1.165, 1.54) is 27.8 Å². The second kappa shape index (κ2) is 6.58. The Balaban J connectivity index is 2.48. The highest BCUT2D eigenvalue weighted by atomic mass is 16.5. The van der Waals surface area contributed by atoms with E-state index < -0.39 is 0 Å². The Labute approximate surface area is 121 Å². The van der Waals surface area contributed by atoms with Crippen LogP contribution < -0.4 is 10.1 Å². The molecule has 0 amide bonds. The number of hydrogen-bond acceptors (Lipinski definition) is 2. The number of methoxy groups -OCH3 is 1. The van der Waals surface area contributed by atoms with Crippen molar-refractivity contribution in [2.24, 2.45) is 0 Å². The lowest BCUT2D eigenvalue weighted by Gasteiger charge is -2.15. The topological polar surface area (TPSA) is 21.3 Å². The van der Waals surface area contributed by atoms with Crippen LogP contribution in [0.1, 0.15) is 23.6 Å². The van der Waals surface area contributed by atoms with Gasteiger partial charge in [-0.05, 0) is 60.3 Å². The Morgan fingerprint density at radius 3 is 2.45 bits per heavy atom. The average molecular weight is 269 g/mol. The molecule has 20 heavy (non-hydrogen) atoms. The minimum absolute atomic E-state index is 0.900. The maximum atomic E-state index is 5.40. The molecule has 0 fully saturated rings. The van der Waals surface area contributed by atoms with Gasteiger partial charge < -0.3 is 10.1 Å². The predicted octanol–water partition coefficient (Wildman–Crippen LogP) is 4.09. The van der Waals surface area contributed by atoms with Crippen molar-refractivity contribution in [3.05, 3.63) is 53.1 Å². The number of benzene rings is 2. The van der Waals surface area contributed by atoms with Gasteiger partial charge in [-0.15, -0.1) is 0 Å². The molecule has 0 atom stereocenters. The van der Waals surface area contributed by atoms with Gasteiger partial charge in [-0.3, -0.25) is 0 Å².